The molecular formula is C22H25ClN4O4. The molecule has 0 aromatic heterocycles. The third kappa shape index (κ3) is 5.46. The maximum atomic E-state index is 12.8. The Morgan fingerprint density at radius 2 is 1.81 bits per heavy atom. The lowest BCUT2D eigenvalue weighted by molar-refractivity contribution is -0.117. The molecule has 31 heavy (non-hydrogen) atoms. The summed E-state index contributed by atoms with van der Waals surface area (Å²) < 4.78 is 10.7. The van der Waals surface area contributed by atoms with Crippen LogP contribution in [0.5, 0.6) is 11.5 Å². The van der Waals surface area contributed by atoms with Crippen molar-refractivity contribution in [1.82, 2.24) is 15.1 Å². The molecule has 1 fully saturated rings. The van der Waals surface area contributed by atoms with Crippen molar-refractivity contribution >= 4 is 29.1 Å². The predicted octanol–water partition coefficient (Wildman–Crippen LogP) is 2.18. The van der Waals surface area contributed by atoms with Crippen LogP contribution in [0, 0.1) is 0 Å². The molecule has 0 atom stereocenters. The number of anilines is 1. The Balaban J connectivity index is 1.38. The van der Waals surface area contributed by atoms with E-state index in [9.17, 15) is 9.59 Å². The third-order valence-corrected chi connectivity index (χ3v) is 5.59. The molecule has 2 heterocycles. The van der Waals surface area contributed by atoms with Gasteiger partial charge in [-0.25, -0.2) is 0 Å². The van der Waals surface area contributed by atoms with Crippen LogP contribution in [0.3, 0.4) is 0 Å². The quantitative estimate of drug-likeness (QED) is 0.710. The minimum absolute atomic E-state index is 0.156. The topological polar surface area (TPSA) is 83.1 Å². The summed E-state index contributed by atoms with van der Waals surface area (Å²) in [4.78, 5) is 29.7. The molecule has 1 saturated heterocycles. The molecule has 8 nitrogen and oxygen atoms in total. The first kappa shape index (κ1) is 21.4. The van der Waals surface area contributed by atoms with E-state index in [1.54, 1.807) is 18.2 Å². The lowest BCUT2D eigenvalue weighted by atomic mass is 10.1. The van der Waals surface area contributed by atoms with Crippen LogP contribution in [0.2, 0.25) is 5.02 Å². The minimum Gasteiger partial charge on any atom is -0.454 e. The van der Waals surface area contributed by atoms with E-state index < -0.39 is 0 Å². The van der Waals surface area contributed by atoms with Gasteiger partial charge < -0.3 is 25.0 Å². The van der Waals surface area contributed by atoms with Crippen LogP contribution in [0.25, 0.3) is 0 Å². The highest BCUT2D eigenvalue weighted by atomic mass is 35.5. The standard InChI is InChI=1S/C22H25ClN4O4/c1-26-6-8-27(9-7-26)13-21(28)25-18-4-3-16(23)11-17(18)22(29)24-12-15-2-5-19-20(10-15)31-14-30-19/h2-5,10-11H,6-9,12-14H2,1H3,(H,24,29)(H,25,28). The number of nitrogens with one attached hydrogen (secondary N) is 2. The monoisotopic (exact) mass is 444 g/mol. The van der Waals surface area contributed by atoms with E-state index in [1.807, 2.05) is 18.2 Å². The van der Waals surface area contributed by atoms with Crippen molar-refractivity contribution in [3.05, 3.63) is 52.5 Å². The molecule has 9 heteroatoms. The average Bonchev–Trinajstić information content (AvgIpc) is 3.23. The smallest absolute Gasteiger partial charge is 0.253 e. The fraction of sp³-hybridized carbons (Fsp3) is 0.364. The van der Waals surface area contributed by atoms with Crippen LogP contribution < -0.4 is 20.1 Å². The highest BCUT2D eigenvalue weighted by molar-refractivity contribution is 6.31. The Labute approximate surface area is 186 Å². The summed E-state index contributed by atoms with van der Waals surface area (Å²) in [6, 6.07) is 10.4. The van der Waals surface area contributed by atoms with Crippen molar-refractivity contribution in [3.8, 4) is 11.5 Å². The van der Waals surface area contributed by atoms with Gasteiger partial charge in [0.15, 0.2) is 11.5 Å². The summed E-state index contributed by atoms with van der Waals surface area (Å²) in [5.41, 5.74) is 1.63. The van der Waals surface area contributed by atoms with Crippen LogP contribution in [0.4, 0.5) is 5.69 Å². The van der Waals surface area contributed by atoms with Gasteiger partial charge in [0, 0.05) is 37.7 Å². The number of piperazine rings is 1. The molecule has 0 radical (unpaired) electrons. The minimum atomic E-state index is -0.324. The predicted molar refractivity (Wildman–Crippen MR) is 118 cm³/mol. The second kappa shape index (κ2) is 9.55. The van der Waals surface area contributed by atoms with Gasteiger partial charge in [-0.15, -0.1) is 0 Å². The first-order valence-electron chi connectivity index (χ1n) is 10.1. The highest BCUT2D eigenvalue weighted by Gasteiger charge is 2.19. The van der Waals surface area contributed by atoms with Crippen LogP contribution in [0.1, 0.15) is 15.9 Å². The maximum absolute atomic E-state index is 12.8. The van der Waals surface area contributed by atoms with E-state index in [-0.39, 0.29) is 25.2 Å². The van der Waals surface area contributed by atoms with Crippen molar-refractivity contribution < 1.29 is 19.1 Å². The normalized spacial score (nSPS) is 16.2. The number of carbonyl (C=O) groups excluding carboxylic acids is 2. The summed E-state index contributed by atoms with van der Waals surface area (Å²) in [5.74, 6) is 0.869. The molecule has 2 aliphatic heterocycles. The molecule has 2 N–H and O–H groups in total. The number of nitrogens with zero attached hydrogens (tertiary/aromatic N) is 2. The van der Waals surface area contributed by atoms with Crippen molar-refractivity contribution in [2.75, 3.05) is 51.9 Å². The Morgan fingerprint density at radius 3 is 2.61 bits per heavy atom. The van der Waals surface area contributed by atoms with Gasteiger partial charge in [-0.2, -0.15) is 0 Å². The number of rotatable bonds is 6. The second-order valence-corrected chi connectivity index (χ2v) is 8.12. The molecule has 2 aromatic rings. The first-order chi connectivity index (χ1) is 15.0. The molecule has 2 aromatic carbocycles. The first-order valence-corrected chi connectivity index (χ1v) is 10.5. The number of halogens is 1. The number of hydrogen-bond donors (Lipinski definition) is 2. The molecule has 2 aliphatic rings. The van der Waals surface area contributed by atoms with Crippen molar-refractivity contribution in [2.24, 2.45) is 0 Å². The van der Waals surface area contributed by atoms with E-state index in [1.165, 1.54) is 0 Å². The molecule has 0 saturated carbocycles. The zero-order chi connectivity index (χ0) is 21.8. The summed E-state index contributed by atoms with van der Waals surface area (Å²) >= 11 is 6.11. The van der Waals surface area contributed by atoms with Gasteiger partial charge >= 0.3 is 0 Å². The highest BCUT2D eigenvalue weighted by Crippen LogP contribution is 2.32. The van der Waals surface area contributed by atoms with E-state index in [0.717, 1.165) is 31.7 Å². The van der Waals surface area contributed by atoms with Crippen LogP contribution >= 0.6 is 11.6 Å². The van der Waals surface area contributed by atoms with Gasteiger partial charge in [-0.3, -0.25) is 14.5 Å². The zero-order valence-corrected chi connectivity index (χ0v) is 18.1. The van der Waals surface area contributed by atoms with E-state index >= 15 is 0 Å². The molecule has 0 aliphatic carbocycles. The Morgan fingerprint density at radius 1 is 1.03 bits per heavy atom. The van der Waals surface area contributed by atoms with Crippen molar-refractivity contribution in [1.29, 1.82) is 0 Å². The van der Waals surface area contributed by atoms with Crippen LogP contribution in [-0.4, -0.2) is 68.2 Å². The van der Waals surface area contributed by atoms with Crippen LogP contribution in [-0.2, 0) is 11.3 Å². The van der Waals surface area contributed by atoms with Gasteiger partial charge in [-0.05, 0) is 42.9 Å². The van der Waals surface area contributed by atoms with Crippen molar-refractivity contribution in [3.63, 3.8) is 0 Å². The average molecular weight is 445 g/mol. The van der Waals surface area contributed by atoms with E-state index in [4.69, 9.17) is 21.1 Å². The fourth-order valence-corrected chi connectivity index (χ4v) is 3.71. The van der Waals surface area contributed by atoms with Gasteiger partial charge in [0.2, 0.25) is 12.7 Å². The van der Waals surface area contributed by atoms with Crippen molar-refractivity contribution in [2.45, 2.75) is 6.54 Å². The Bertz CT molecular complexity index is 976. The molecule has 4 rings (SSSR count). The molecule has 164 valence electrons. The molecular weight excluding hydrogens is 420 g/mol. The van der Waals surface area contributed by atoms with Gasteiger partial charge in [0.1, 0.15) is 0 Å². The molecule has 0 unspecified atom stereocenters. The van der Waals surface area contributed by atoms with Gasteiger partial charge in [0.25, 0.3) is 5.91 Å². The number of fused-ring (bicyclic) bond motifs is 1. The fourth-order valence-electron chi connectivity index (χ4n) is 3.54. The number of amides is 2. The van der Waals surface area contributed by atoms with Gasteiger partial charge in [-0.1, -0.05) is 17.7 Å². The molecule has 0 spiro atoms. The van der Waals surface area contributed by atoms with Gasteiger partial charge in [0.05, 0.1) is 17.8 Å². The molecule has 2 amide bonds. The largest absolute Gasteiger partial charge is 0.454 e. The number of carbonyl (C=O) groups is 2. The lowest BCUT2D eigenvalue weighted by Crippen LogP contribution is -2.47. The summed E-state index contributed by atoms with van der Waals surface area (Å²) in [5, 5.41) is 6.15. The van der Waals surface area contributed by atoms with E-state index in [2.05, 4.69) is 27.5 Å². The second-order valence-electron chi connectivity index (χ2n) is 7.69. The number of ether oxygens (including phenoxy) is 2. The number of likely N-dealkylation sites (N-methyl/N-ethyl adjacent to an activating group) is 1. The Hall–Kier alpha value is -2.81. The molecule has 0 bridgehead atoms. The number of benzene rings is 2. The number of hydrogen-bond acceptors (Lipinski definition) is 6. The summed E-state index contributed by atoms with van der Waals surface area (Å²) in [6.07, 6.45) is 0. The maximum Gasteiger partial charge on any atom is 0.253 e. The van der Waals surface area contributed by atoms with Crippen LogP contribution in [0.15, 0.2) is 36.4 Å². The SMILES string of the molecule is CN1CCN(CC(=O)Nc2ccc(Cl)cc2C(=O)NCc2ccc3c(c2)OCO3)CC1. The van der Waals surface area contributed by atoms with E-state index in [0.29, 0.717) is 34.3 Å². The summed E-state index contributed by atoms with van der Waals surface area (Å²) in [7, 11) is 2.07. The third-order valence-electron chi connectivity index (χ3n) is 5.35. The lowest BCUT2D eigenvalue weighted by Gasteiger charge is -2.31. The zero-order valence-electron chi connectivity index (χ0n) is 17.3. The summed E-state index contributed by atoms with van der Waals surface area (Å²) in [6.45, 7) is 4.33. The Kier molecular flexibility index (Phi) is 6.60.